The summed E-state index contributed by atoms with van der Waals surface area (Å²) in [5.41, 5.74) is 9.51. The Kier molecular flexibility index (Phi) is 32.6. The molecule has 10 N–H and O–H groups in total. The molecule has 31 heteroatoms. The van der Waals surface area contributed by atoms with Crippen LogP contribution in [-0.2, 0) is 87.6 Å². The van der Waals surface area contributed by atoms with Gasteiger partial charge in [0, 0.05) is 90.4 Å². The third kappa shape index (κ3) is 26.2. The molecule has 3 heterocycles. The Morgan fingerprint density at radius 2 is 1.32 bits per heavy atom. The molecule has 3 rings (SSSR count). The number of nitrogens with two attached hydrogens (primary N) is 1. The van der Waals surface area contributed by atoms with Crippen LogP contribution in [-0.4, -0.2) is 249 Å². The number of hydrazine groups is 1. The van der Waals surface area contributed by atoms with Gasteiger partial charge in [-0.2, -0.15) is 0 Å². The number of aromatic nitrogens is 2. The maximum atomic E-state index is 14.2. The Morgan fingerprint density at radius 3 is 1.90 bits per heavy atom. The van der Waals surface area contributed by atoms with Crippen LogP contribution in [0.4, 0.5) is 0 Å². The number of Topliss-reactive ketones (excluding diaryl/α,β-unsaturated/α-hetero) is 2. The number of ether oxygens (including phenoxy) is 6. The van der Waals surface area contributed by atoms with Crippen molar-refractivity contribution < 1.29 is 81.2 Å². The van der Waals surface area contributed by atoms with E-state index < -0.39 is 112 Å². The van der Waals surface area contributed by atoms with Gasteiger partial charge >= 0.3 is 0 Å². The summed E-state index contributed by atoms with van der Waals surface area (Å²) in [6.07, 6.45) is 4.10. The number of aromatic amines is 1. The lowest BCUT2D eigenvalue weighted by molar-refractivity contribution is -0.142. The van der Waals surface area contributed by atoms with E-state index in [1.54, 1.807) is 34.3 Å². The molecule has 1 aromatic heterocycles. The Balaban J connectivity index is 1.63. The van der Waals surface area contributed by atoms with Crippen LogP contribution in [0, 0.1) is 0 Å². The number of aldehydes is 1. The van der Waals surface area contributed by atoms with E-state index in [0.717, 1.165) is 21.6 Å². The number of rotatable bonds is 47. The number of hydrogen-bond acceptors (Lipinski definition) is 24. The second-order valence-electron chi connectivity index (χ2n) is 19.6. The highest BCUT2D eigenvalue weighted by atomic mass is 32.2. The maximum Gasteiger partial charge on any atom is 0.250 e. The highest BCUT2D eigenvalue weighted by Gasteiger charge is 2.44. The van der Waals surface area contributed by atoms with E-state index in [2.05, 4.69) is 47.4 Å². The van der Waals surface area contributed by atoms with Gasteiger partial charge in [0.15, 0.2) is 16.9 Å². The fraction of sp³-hybridized carbons (Fsp3) is 0.720. The van der Waals surface area contributed by atoms with E-state index in [4.69, 9.17) is 34.2 Å². The van der Waals surface area contributed by atoms with Crippen molar-refractivity contribution in [2.45, 2.75) is 105 Å². The van der Waals surface area contributed by atoms with Crippen molar-refractivity contribution >= 4 is 88.6 Å². The zero-order chi connectivity index (χ0) is 59.8. The molecule has 0 saturated carbocycles. The molecule has 2 aliphatic heterocycles. The van der Waals surface area contributed by atoms with Gasteiger partial charge < -0.3 is 59.9 Å². The van der Waals surface area contributed by atoms with Gasteiger partial charge in [-0.15, -0.1) is 23.5 Å². The number of hydrogen-bond donors (Lipinski definition) is 9. The van der Waals surface area contributed by atoms with Gasteiger partial charge in [0.1, 0.15) is 12.8 Å². The number of imide groups is 2. The molecule has 8 amide bonds. The summed E-state index contributed by atoms with van der Waals surface area (Å²) in [5, 5.41) is 9.81. The molecule has 456 valence electrons. The van der Waals surface area contributed by atoms with Crippen LogP contribution in [0.5, 0.6) is 0 Å². The largest absolute Gasteiger partial charge is 0.382 e. The first-order valence-electron chi connectivity index (χ1n) is 26.5. The van der Waals surface area contributed by atoms with Crippen LogP contribution < -0.4 is 43.2 Å². The number of likely N-dealkylation sites (tertiary alicyclic amines) is 2. The summed E-state index contributed by atoms with van der Waals surface area (Å²) in [7, 11) is 3.14. The first-order valence-corrected chi connectivity index (χ1v) is 28.5. The third-order valence-electron chi connectivity index (χ3n) is 12.4. The molecule has 1 aromatic rings. The lowest BCUT2D eigenvalue weighted by Gasteiger charge is -2.30. The zero-order valence-electron chi connectivity index (χ0n) is 47.1. The van der Waals surface area contributed by atoms with E-state index in [1.165, 1.54) is 20.2 Å². The summed E-state index contributed by atoms with van der Waals surface area (Å²) < 4.78 is 31.4. The smallest absolute Gasteiger partial charge is 0.250 e. The first kappa shape index (κ1) is 69.9. The number of nitrogens with zero attached hydrogens (tertiary/aromatic N) is 3. The summed E-state index contributed by atoms with van der Waals surface area (Å²) in [6, 6.07) is -2.07. The van der Waals surface area contributed by atoms with Gasteiger partial charge in [0.2, 0.25) is 41.4 Å². The van der Waals surface area contributed by atoms with E-state index in [9.17, 15) is 52.7 Å². The molecule has 2 aliphatic rings. The molecule has 0 bridgehead atoms. The second kappa shape index (κ2) is 37.7. The van der Waals surface area contributed by atoms with Crippen LogP contribution in [0.1, 0.15) is 65.5 Å². The Labute approximate surface area is 479 Å². The minimum atomic E-state index is -1.61. The summed E-state index contributed by atoms with van der Waals surface area (Å²) in [4.78, 5) is 153. The van der Waals surface area contributed by atoms with Crippen LogP contribution >= 0.6 is 23.5 Å². The molecule has 81 heavy (non-hydrogen) atoms. The molecule has 2 saturated heterocycles. The normalized spacial score (nSPS) is 16.9. The van der Waals surface area contributed by atoms with Gasteiger partial charge in [-0.25, -0.2) is 15.8 Å². The standard InChI is InChI=1S/C50H82N12O17S2/c1-49(2,57-28-39(65)50(3,4)60-59-34(30-63)23-33-26-52-32-56-33)38(64)27-55-35(31-80-36-24-42(68)61(47(36)72)12-9-40(66)53-10-7-13-76-19-21-78-17-15-74-5)45(71)58-46(44(51)70)81-37-25-43(69)62(48(37)73)29-41(67)54-11-8-14-77-20-22-79-18-16-75-6/h26,30,32,34-37,46,55,57,59-60H,7-25,27-29,31H2,1-6H3,(H2,51,70)(H,52,56)(H,53,66)(H,54,67)(H,58,71)/t34-,35-,36?,37?,46-/m0/s1. The number of primary amides is 1. The third-order valence-corrected chi connectivity index (χ3v) is 15.0. The molecule has 2 fully saturated rings. The van der Waals surface area contributed by atoms with Gasteiger partial charge in [0.25, 0.3) is 5.91 Å². The SMILES string of the molecule is COCCOCCOCCCNC(=O)CCN1C(=O)CC(SC[C@H](NCC(=O)C(C)(C)NCC(=O)C(C)(C)NN[C@H](C=O)Cc2cnc[nH]2)C(=O)N[C@@H](SC2CC(=O)N(CC(=O)NCCCOCCOCCOC)C2=O)C(N)=O)C1=O. The number of carbonyl (C=O) groups excluding carboxylic acids is 11. The van der Waals surface area contributed by atoms with Crippen LogP contribution in [0.2, 0.25) is 0 Å². The van der Waals surface area contributed by atoms with Gasteiger partial charge in [-0.1, -0.05) is 0 Å². The van der Waals surface area contributed by atoms with Crippen molar-refractivity contribution in [3.8, 4) is 0 Å². The number of imidazole rings is 1. The Morgan fingerprint density at radius 1 is 0.765 bits per heavy atom. The number of ketones is 2. The highest BCUT2D eigenvalue weighted by Crippen LogP contribution is 2.29. The topological polar surface area (TPSA) is 389 Å². The molecule has 29 nitrogen and oxygen atoms in total. The van der Waals surface area contributed by atoms with Crippen LogP contribution in [0.3, 0.4) is 0 Å². The molecular weight excluding hydrogens is 1100 g/mol. The number of amides is 8. The van der Waals surface area contributed by atoms with E-state index in [1.807, 2.05) is 0 Å². The minimum absolute atomic E-state index is 0.166. The van der Waals surface area contributed by atoms with Crippen molar-refractivity contribution in [3.05, 3.63) is 18.2 Å². The monoisotopic (exact) mass is 1190 g/mol. The summed E-state index contributed by atoms with van der Waals surface area (Å²) >= 11 is 1.50. The van der Waals surface area contributed by atoms with Crippen molar-refractivity contribution in [1.29, 1.82) is 0 Å². The molecule has 5 atom stereocenters. The fourth-order valence-electron chi connectivity index (χ4n) is 7.35. The average molecular weight is 1190 g/mol. The molecular formula is C50H82N12O17S2. The van der Waals surface area contributed by atoms with Crippen LogP contribution in [0.25, 0.3) is 0 Å². The number of thioether (sulfide) groups is 2. The second-order valence-corrected chi connectivity index (χ2v) is 22.2. The number of carbonyl (C=O) groups is 11. The maximum absolute atomic E-state index is 14.2. The van der Waals surface area contributed by atoms with Gasteiger partial charge in [0.05, 0.1) is 106 Å². The van der Waals surface area contributed by atoms with Crippen LogP contribution in [0.15, 0.2) is 12.5 Å². The quantitative estimate of drug-likeness (QED) is 0.00996. The Bertz CT molecular complexity index is 2210. The van der Waals surface area contributed by atoms with Gasteiger partial charge in [-0.3, -0.25) is 68.4 Å². The molecule has 0 spiro atoms. The van der Waals surface area contributed by atoms with E-state index in [0.29, 0.717) is 109 Å². The van der Waals surface area contributed by atoms with E-state index >= 15 is 0 Å². The molecule has 0 radical (unpaired) electrons. The number of H-pyrrole nitrogens is 1. The lowest BCUT2D eigenvalue weighted by Crippen LogP contribution is -2.61. The van der Waals surface area contributed by atoms with Gasteiger partial charge in [-0.05, 0) is 40.5 Å². The van der Waals surface area contributed by atoms with Crippen molar-refractivity contribution in [3.63, 3.8) is 0 Å². The molecule has 0 aromatic carbocycles. The fourth-order valence-corrected chi connectivity index (χ4v) is 9.70. The molecule has 0 aliphatic carbocycles. The summed E-state index contributed by atoms with van der Waals surface area (Å²) in [6.45, 7) is 9.08. The predicted molar refractivity (Wildman–Crippen MR) is 295 cm³/mol. The first-order chi connectivity index (χ1) is 38.6. The average Bonchev–Trinajstić information content (AvgIpc) is 4.15. The van der Waals surface area contributed by atoms with E-state index in [-0.39, 0.29) is 50.4 Å². The Hall–Kier alpha value is -5.32. The zero-order valence-corrected chi connectivity index (χ0v) is 48.7. The van der Waals surface area contributed by atoms with Crippen molar-refractivity contribution in [2.75, 3.05) is 125 Å². The predicted octanol–water partition coefficient (Wildman–Crippen LogP) is -3.73. The summed E-state index contributed by atoms with van der Waals surface area (Å²) in [5.74, 6) is -6.81. The lowest BCUT2D eigenvalue weighted by atomic mass is 9.95. The van der Waals surface area contributed by atoms with Crippen molar-refractivity contribution in [1.82, 2.24) is 57.2 Å². The highest BCUT2D eigenvalue weighted by molar-refractivity contribution is 8.02. The number of nitrogens with one attached hydrogen (secondary N) is 8. The number of methoxy groups -OCH3 is 2. The molecule has 2 unspecified atom stereocenters. The van der Waals surface area contributed by atoms with Crippen molar-refractivity contribution in [2.24, 2.45) is 5.73 Å². The minimum Gasteiger partial charge on any atom is -0.382 e.